The Bertz CT molecular complexity index is 856. The minimum Gasteiger partial charge on any atom is -0.378 e. The largest absolute Gasteiger partial charge is 0.378 e. The molecule has 0 bridgehead atoms. The lowest BCUT2D eigenvalue weighted by atomic mass is 10.1. The Morgan fingerprint density at radius 1 is 0.933 bits per heavy atom. The van der Waals surface area contributed by atoms with Crippen molar-refractivity contribution in [2.45, 2.75) is 13.8 Å². The highest BCUT2D eigenvalue weighted by atomic mass is 16.5. The van der Waals surface area contributed by atoms with Crippen LogP contribution in [0.4, 0.5) is 17.1 Å². The second-order valence-corrected chi connectivity index (χ2v) is 7.68. The van der Waals surface area contributed by atoms with Crippen LogP contribution in [0, 0.1) is 13.8 Å². The van der Waals surface area contributed by atoms with Gasteiger partial charge in [0.1, 0.15) is 0 Å². The van der Waals surface area contributed by atoms with Crippen molar-refractivity contribution in [1.29, 1.82) is 0 Å². The molecule has 1 saturated heterocycles. The molecule has 160 valence electrons. The van der Waals surface area contributed by atoms with Gasteiger partial charge in [0.25, 0.3) is 0 Å². The highest BCUT2D eigenvalue weighted by Crippen LogP contribution is 2.20. The summed E-state index contributed by atoms with van der Waals surface area (Å²) in [6, 6.07) is 13.7. The van der Waals surface area contributed by atoms with E-state index in [0.717, 1.165) is 54.5 Å². The Morgan fingerprint density at radius 2 is 1.50 bits per heavy atom. The molecule has 2 aromatic carbocycles. The van der Waals surface area contributed by atoms with E-state index in [1.54, 1.807) is 11.9 Å². The minimum atomic E-state index is -0.156. The number of ether oxygens (including phenoxy) is 1. The fourth-order valence-corrected chi connectivity index (χ4v) is 3.51. The van der Waals surface area contributed by atoms with Crippen LogP contribution in [-0.2, 0) is 14.3 Å². The standard InChI is InChI=1S/C23H30N4O3/c1-17-5-4-6-18(2)23(17)25-22(29)16-26(3)15-21(28)24-19-7-9-20(10-8-19)27-11-13-30-14-12-27/h4-10H,11-16H2,1-3H3,(H,24,28)(H,25,29). The van der Waals surface area contributed by atoms with Crippen LogP contribution in [0.2, 0.25) is 0 Å². The van der Waals surface area contributed by atoms with Crippen LogP contribution < -0.4 is 15.5 Å². The zero-order chi connectivity index (χ0) is 21.5. The molecule has 2 amide bonds. The number of benzene rings is 2. The number of amides is 2. The molecule has 1 fully saturated rings. The van der Waals surface area contributed by atoms with Crippen LogP contribution >= 0.6 is 0 Å². The van der Waals surface area contributed by atoms with E-state index in [0.29, 0.717) is 0 Å². The first kappa shape index (κ1) is 21.8. The molecule has 1 aliphatic rings. The van der Waals surface area contributed by atoms with Gasteiger partial charge in [-0.2, -0.15) is 0 Å². The van der Waals surface area contributed by atoms with Crippen LogP contribution in [-0.4, -0.2) is 63.2 Å². The number of carbonyl (C=O) groups is 2. The smallest absolute Gasteiger partial charge is 0.238 e. The molecule has 1 heterocycles. The number of nitrogens with one attached hydrogen (secondary N) is 2. The zero-order valence-electron chi connectivity index (χ0n) is 17.9. The number of carbonyl (C=O) groups excluding carboxylic acids is 2. The SMILES string of the molecule is Cc1cccc(C)c1NC(=O)CN(C)CC(=O)Nc1ccc(N2CCOCC2)cc1. The van der Waals surface area contributed by atoms with Gasteiger partial charge in [0.2, 0.25) is 11.8 Å². The first-order valence-electron chi connectivity index (χ1n) is 10.2. The molecule has 7 heteroatoms. The summed E-state index contributed by atoms with van der Waals surface area (Å²) in [6.45, 7) is 7.42. The number of hydrogen-bond donors (Lipinski definition) is 2. The highest BCUT2D eigenvalue weighted by Gasteiger charge is 2.14. The molecule has 30 heavy (non-hydrogen) atoms. The maximum absolute atomic E-state index is 12.4. The third kappa shape index (κ3) is 6.05. The highest BCUT2D eigenvalue weighted by molar-refractivity contribution is 5.95. The second-order valence-electron chi connectivity index (χ2n) is 7.68. The summed E-state index contributed by atoms with van der Waals surface area (Å²) in [5.41, 5.74) is 4.73. The summed E-state index contributed by atoms with van der Waals surface area (Å²) in [7, 11) is 1.76. The normalized spacial score (nSPS) is 13.9. The van der Waals surface area contributed by atoms with Gasteiger partial charge in [-0.25, -0.2) is 0 Å². The number of hydrogen-bond acceptors (Lipinski definition) is 5. The Kier molecular flexibility index (Phi) is 7.43. The van der Waals surface area contributed by atoms with E-state index in [9.17, 15) is 9.59 Å². The summed E-state index contributed by atoms with van der Waals surface area (Å²) in [4.78, 5) is 28.7. The first-order valence-corrected chi connectivity index (χ1v) is 10.2. The number of morpholine rings is 1. The van der Waals surface area contributed by atoms with Crippen molar-refractivity contribution in [3.05, 3.63) is 53.6 Å². The Hall–Kier alpha value is -2.90. The summed E-state index contributed by atoms with van der Waals surface area (Å²) in [5.74, 6) is -0.297. The fraction of sp³-hybridized carbons (Fsp3) is 0.391. The van der Waals surface area contributed by atoms with E-state index in [1.165, 1.54) is 0 Å². The van der Waals surface area contributed by atoms with Crippen molar-refractivity contribution >= 4 is 28.9 Å². The molecule has 7 nitrogen and oxygen atoms in total. The first-order chi connectivity index (χ1) is 14.4. The van der Waals surface area contributed by atoms with E-state index in [4.69, 9.17) is 4.74 Å². The molecule has 0 saturated carbocycles. The van der Waals surface area contributed by atoms with Crippen LogP contribution in [0.15, 0.2) is 42.5 Å². The monoisotopic (exact) mass is 410 g/mol. The number of para-hydroxylation sites is 1. The number of aryl methyl sites for hydroxylation is 2. The average molecular weight is 411 g/mol. The van der Waals surface area contributed by atoms with Crippen molar-refractivity contribution in [3.8, 4) is 0 Å². The lowest BCUT2D eigenvalue weighted by Gasteiger charge is -2.28. The Morgan fingerprint density at radius 3 is 2.10 bits per heavy atom. The van der Waals surface area contributed by atoms with E-state index >= 15 is 0 Å². The molecular weight excluding hydrogens is 380 g/mol. The molecule has 0 spiro atoms. The van der Waals surface area contributed by atoms with Crippen LogP contribution in [0.3, 0.4) is 0 Å². The molecule has 0 aliphatic carbocycles. The van der Waals surface area contributed by atoms with Gasteiger partial charge in [0.05, 0.1) is 26.3 Å². The second kappa shape index (κ2) is 10.2. The van der Waals surface area contributed by atoms with E-state index in [-0.39, 0.29) is 24.9 Å². The Balaban J connectivity index is 1.46. The Labute approximate surface area is 178 Å². The summed E-state index contributed by atoms with van der Waals surface area (Å²) in [5, 5.41) is 5.83. The summed E-state index contributed by atoms with van der Waals surface area (Å²) >= 11 is 0. The molecular formula is C23H30N4O3. The molecule has 0 unspecified atom stereocenters. The fourth-order valence-electron chi connectivity index (χ4n) is 3.51. The number of rotatable bonds is 7. The third-order valence-electron chi connectivity index (χ3n) is 5.10. The zero-order valence-corrected chi connectivity index (χ0v) is 17.9. The number of likely N-dealkylation sites (N-methyl/N-ethyl adjacent to an activating group) is 1. The summed E-state index contributed by atoms with van der Waals surface area (Å²) in [6.07, 6.45) is 0. The van der Waals surface area contributed by atoms with Crippen molar-refractivity contribution in [3.63, 3.8) is 0 Å². The van der Waals surface area contributed by atoms with E-state index in [2.05, 4.69) is 15.5 Å². The molecule has 0 aromatic heterocycles. The van der Waals surface area contributed by atoms with Crippen molar-refractivity contribution in [1.82, 2.24) is 4.90 Å². The van der Waals surface area contributed by atoms with Gasteiger partial charge >= 0.3 is 0 Å². The van der Waals surface area contributed by atoms with Gasteiger partial charge in [-0.1, -0.05) is 18.2 Å². The van der Waals surface area contributed by atoms with Crippen molar-refractivity contribution in [2.24, 2.45) is 0 Å². The molecule has 1 aliphatic heterocycles. The van der Waals surface area contributed by atoms with Gasteiger partial charge in [0, 0.05) is 30.2 Å². The number of nitrogens with zero attached hydrogens (tertiary/aromatic N) is 2. The number of anilines is 3. The molecule has 3 rings (SSSR count). The molecule has 0 radical (unpaired) electrons. The van der Waals surface area contributed by atoms with Gasteiger partial charge in [-0.3, -0.25) is 14.5 Å². The van der Waals surface area contributed by atoms with Gasteiger partial charge in [-0.05, 0) is 56.3 Å². The predicted octanol–water partition coefficient (Wildman–Crippen LogP) is 2.65. The molecule has 2 aromatic rings. The van der Waals surface area contributed by atoms with Crippen molar-refractivity contribution in [2.75, 3.05) is 62.0 Å². The van der Waals surface area contributed by atoms with Gasteiger partial charge in [0.15, 0.2) is 0 Å². The van der Waals surface area contributed by atoms with Gasteiger partial charge in [-0.15, -0.1) is 0 Å². The minimum absolute atomic E-state index is 0.130. The maximum atomic E-state index is 12.4. The van der Waals surface area contributed by atoms with E-state index in [1.807, 2.05) is 56.3 Å². The van der Waals surface area contributed by atoms with E-state index < -0.39 is 0 Å². The van der Waals surface area contributed by atoms with Gasteiger partial charge < -0.3 is 20.3 Å². The van der Waals surface area contributed by atoms with Crippen LogP contribution in [0.1, 0.15) is 11.1 Å². The van der Waals surface area contributed by atoms with Crippen LogP contribution in [0.25, 0.3) is 0 Å². The topological polar surface area (TPSA) is 73.9 Å². The quantitative estimate of drug-likeness (QED) is 0.734. The molecule has 0 atom stereocenters. The summed E-state index contributed by atoms with van der Waals surface area (Å²) < 4.78 is 5.37. The third-order valence-corrected chi connectivity index (χ3v) is 5.10. The maximum Gasteiger partial charge on any atom is 0.238 e. The predicted molar refractivity (Wildman–Crippen MR) is 120 cm³/mol. The average Bonchev–Trinajstić information content (AvgIpc) is 2.72. The molecule has 2 N–H and O–H groups in total. The lowest BCUT2D eigenvalue weighted by molar-refractivity contribution is -0.119. The van der Waals surface area contributed by atoms with Crippen LogP contribution in [0.5, 0.6) is 0 Å². The van der Waals surface area contributed by atoms with Crippen molar-refractivity contribution < 1.29 is 14.3 Å². The lowest BCUT2D eigenvalue weighted by Crippen LogP contribution is -2.36.